The zero-order valence-electron chi connectivity index (χ0n) is 12.4. The molecule has 0 amide bonds. The van der Waals surface area contributed by atoms with E-state index in [2.05, 4.69) is 32.9 Å². The van der Waals surface area contributed by atoms with Crippen molar-refractivity contribution in [2.75, 3.05) is 0 Å². The molecule has 0 heterocycles. The number of aliphatic carboxylic acids is 1. The maximum Gasteiger partial charge on any atom is 0.307 e. The Kier molecular flexibility index (Phi) is 6.61. The minimum absolute atomic E-state index is 0.115. The molecule has 0 aromatic heterocycles. The number of hydrogen-bond donors (Lipinski definition) is 1. The van der Waals surface area contributed by atoms with Gasteiger partial charge >= 0.3 is 5.97 Å². The molecule has 0 spiro atoms. The summed E-state index contributed by atoms with van der Waals surface area (Å²) in [5, 5.41) is 8.72. The molecule has 1 rings (SSSR count). The predicted molar refractivity (Wildman–Crippen MR) is 79.3 cm³/mol. The van der Waals surface area contributed by atoms with Crippen LogP contribution >= 0.6 is 0 Å². The van der Waals surface area contributed by atoms with E-state index in [0.29, 0.717) is 5.92 Å². The fraction of sp³-hybridized carbons (Fsp3) is 0.588. The third-order valence-electron chi connectivity index (χ3n) is 3.44. The highest BCUT2D eigenvalue weighted by atomic mass is 16.4. The summed E-state index contributed by atoms with van der Waals surface area (Å²) in [4.78, 5) is 10.6. The van der Waals surface area contributed by atoms with E-state index in [4.69, 9.17) is 5.11 Å². The van der Waals surface area contributed by atoms with Crippen molar-refractivity contribution in [2.24, 2.45) is 11.8 Å². The Balaban J connectivity index is 2.37. The average molecular weight is 262 g/mol. The Morgan fingerprint density at radius 2 is 1.63 bits per heavy atom. The fourth-order valence-electron chi connectivity index (χ4n) is 2.35. The summed E-state index contributed by atoms with van der Waals surface area (Å²) in [6, 6.07) is 8.00. The normalized spacial score (nSPS) is 12.6. The molecule has 1 atom stereocenters. The molecule has 0 radical (unpaired) electrons. The van der Waals surface area contributed by atoms with Crippen LogP contribution in [0, 0.1) is 11.8 Å². The Hall–Kier alpha value is -1.31. The van der Waals surface area contributed by atoms with Gasteiger partial charge in [0, 0.05) is 0 Å². The number of carbonyl (C=O) groups is 1. The van der Waals surface area contributed by atoms with Crippen LogP contribution in [0.2, 0.25) is 0 Å². The zero-order valence-corrected chi connectivity index (χ0v) is 12.4. The topological polar surface area (TPSA) is 37.3 Å². The standard InChI is InChI=1S/C17H26O2/c1-13(2)5-4-6-14(3)11-15-7-9-16(10-8-15)12-17(18)19/h7-10,13-14H,4-6,11-12H2,1-3H3,(H,18,19). The van der Waals surface area contributed by atoms with Crippen molar-refractivity contribution in [1.29, 1.82) is 0 Å². The first-order valence-corrected chi connectivity index (χ1v) is 7.27. The molecular weight excluding hydrogens is 236 g/mol. The van der Waals surface area contributed by atoms with E-state index in [-0.39, 0.29) is 6.42 Å². The van der Waals surface area contributed by atoms with Crippen molar-refractivity contribution in [1.82, 2.24) is 0 Å². The van der Waals surface area contributed by atoms with E-state index >= 15 is 0 Å². The van der Waals surface area contributed by atoms with Crippen LogP contribution < -0.4 is 0 Å². The number of carboxylic acid groups (broad SMARTS) is 1. The summed E-state index contributed by atoms with van der Waals surface area (Å²) < 4.78 is 0. The minimum Gasteiger partial charge on any atom is -0.481 e. The van der Waals surface area contributed by atoms with E-state index in [1.54, 1.807) is 0 Å². The van der Waals surface area contributed by atoms with Gasteiger partial charge in [0.2, 0.25) is 0 Å². The van der Waals surface area contributed by atoms with E-state index in [0.717, 1.165) is 17.9 Å². The van der Waals surface area contributed by atoms with Gasteiger partial charge in [-0.25, -0.2) is 0 Å². The van der Waals surface area contributed by atoms with Crippen molar-refractivity contribution >= 4 is 5.97 Å². The van der Waals surface area contributed by atoms with Gasteiger partial charge in [0.1, 0.15) is 0 Å². The van der Waals surface area contributed by atoms with Gasteiger partial charge in [0.15, 0.2) is 0 Å². The van der Waals surface area contributed by atoms with Gasteiger partial charge in [-0.3, -0.25) is 4.79 Å². The quantitative estimate of drug-likeness (QED) is 0.757. The molecule has 19 heavy (non-hydrogen) atoms. The van der Waals surface area contributed by atoms with Crippen LogP contribution in [0.4, 0.5) is 0 Å². The van der Waals surface area contributed by atoms with Crippen LogP contribution in [0.5, 0.6) is 0 Å². The average Bonchev–Trinajstić information content (AvgIpc) is 2.30. The lowest BCUT2D eigenvalue weighted by atomic mass is 9.93. The highest BCUT2D eigenvalue weighted by molar-refractivity contribution is 5.70. The highest BCUT2D eigenvalue weighted by Crippen LogP contribution is 2.17. The van der Waals surface area contributed by atoms with Gasteiger partial charge in [-0.1, -0.05) is 64.3 Å². The first-order valence-electron chi connectivity index (χ1n) is 7.27. The number of hydrogen-bond acceptors (Lipinski definition) is 1. The maximum atomic E-state index is 10.6. The lowest BCUT2D eigenvalue weighted by Crippen LogP contribution is -2.02. The third kappa shape index (κ3) is 7.00. The molecule has 0 saturated heterocycles. The molecule has 0 fully saturated rings. The molecule has 0 aliphatic heterocycles. The molecular formula is C17H26O2. The summed E-state index contributed by atoms with van der Waals surface area (Å²) in [5.74, 6) is 0.723. The summed E-state index contributed by atoms with van der Waals surface area (Å²) in [7, 11) is 0. The second-order valence-electron chi connectivity index (χ2n) is 6.02. The van der Waals surface area contributed by atoms with Crippen LogP contribution in [-0.4, -0.2) is 11.1 Å². The SMILES string of the molecule is CC(C)CCCC(C)Cc1ccc(CC(=O)O)cc1. The van der Waals surface area contributed by atoms with E-state index in [1.165, 1.54) is 24.8 Å². The van der Waals surface area contributed by atoms with Gasteiger partial charge in [0.05, 0.1) is 6.42 Å². The molecule has 1 N–H and O–H groups in total. The lowest BCUT2D eigenvalue weighted by molar-refractivity contribution is -0.136. The molecule has 2 heteroatoms. The summed E-state index contributed by atoms with van der Waals surface area (Å²) in [6.07, 6.45) is 5.09. The van der Waals surface area contributed by atoms with Crippen molar-refractivity contribution in [3.05, 3.63) is 35.4 Å². The lowest BCUT2D eigenvalue weighted by Gasteiger charge is -2.12. The molecule has 2 nitrogen and oxygen atoms in total. The smallest absolute Gasteiger partial charge is 0.307 e. The van der Waals surface area contributed by atoms with Gasteiger partial charge < -0.3 is 5.11 Å². The van der Waals surface area contributed by atoms with Crippen molar-refractivity contribution in [3.8, 4) is 0 Å². The van der Waals surface area contributed by atoms with Crippen LogP contribution in [-0.2, 0) is 17.6 Å². The van der Waals surface area contributed by atoms with Crippen molar-refractivity contribution in [3.63, 3.8) is 0 Å². The van der Waals surface area contributed by atoms with Crippen molar-refractivity contribution < 1.29 is 9.90 Å². The molecule has 0 aliphatic carbocycles. The molecule has 0 bridgehead atoms. The predicted octanol–water partition coefficient (Wildman–Crippen LogP) is 4.32. The third-order valence-corrected chi connectivity index (χ3v) is 3.44. The zero-order chi connectivity index (χ0) is 14.3. The Morgan fingerprint density at radius 1 is 1.05 bits per heavy atom. The highest BCUT2D eigenvalue weighted by Gasteiger charge is 2.06. The second-order valence-corrected chi connectivity index (χ2v) is 6.02. The van der Waals surface area contributed by atoms with Crippen LogP contribution in [0.15, 0.2) is 24.3 Å². The Morgan fingerprint density at radius 3 is 2.16 bits per heavy atom. The van der Waals surface area contributed by atoms with Gasteiger partial charge in [-0.2, -0.15) is 0 Å². The molecule has 0 aliphatic rings. The van der Waals surface area contributed by atoms with Gasteiger partial charge in [0.25, 0.3) is 0 Å². The van der Waals surface area contributed by atoms with Crippen LogP contribution in [0.1, 0.15) is 51.2 Å². The van der Waals surface area contributed by atoms with Crippen molar-refractivity contribution in [2.45, 2.75) is 52.9 Å². The maximum absolute atomic E-state index is 10.6. The monoisotopic (exact) mass is 262 g/mol. The van der Waals surface area contributed by atoms with Crippen LogP contribution in [0.3, 0.4) is 0 Å². The van der Waals surface area contributed by atoms with Crippen LogP contribution in [0.25, 0.3) is 0 Å². The summed E-state index contributed by atoms with van der Waals surface area (Å²) >= 11 is 0. The van der Waals surface area contributed by atoms with Gasteiger partial charge in [-0.05, 0) is 29.4 Å². The summed E-state index contributed by atoms with van der Waals surface area (Å²) in [5.41, 5.74) is 2.19. The van der Waals surface area contributed by atoms with E-state index < -0.39 is 5.97 Å². The Labute approximate surface area is 116 Å². The van der Waals surface area contributed by atoms with E-state index in [9.17, 15) is 4.79 Å². The molecule has 106 valence electrons. The largest absolute Gasteiger partial charge is 0.481 e. The molecule has 1 unspecified atom stereocenters. The van der Waals surface area contributed by atoms with Gasteiger partial charge in [-0.15, -0.1) is 0 Å². The first-order chi connectivity index (χ1) is 8.97. The number of benzene rings is 1. The summed E-state index contributed by atoms with van der Waals surface area (Å²) in [6.45, 7) is 6.84. The first kappa shape index (κ1) is 15.7. The second kappa shape index (κ2) is 7.98. The molecule has 1 aromatic rings. The minimum atomic E-state index is -0.769. The number of rotatable bonds is 8. The fourth-order valence-corrected chi connectivity index (χ4v) is 2.35. The number of carboxylic acids is 1. The Bertz CT molecular complexity index is 379. The molecule has 1 aromatic carbocycles. The van der Waals surface area contributed by atoms with E-state index in [1.807, 2.05) is 12.1 Å². The molecule has 0 saturated carbocycles.